The second kappa shape index (κ2) is 7.31. The summed E-state index contributed by atoms with van der Waals surface area (Å²) >= 11 is 1.53. The molecule has 1 aromatic carbocycles. The summed E-state index contributed by atoms with van der Waals surface area (Å²) in [5.41, 5.74) is 5.67. The van der Waals surface area contributed by atoms with E-state index in [1.165, 1.54) is 11.8 Å². The van der Waals surface area contributed by atoms with Gasteiger partial charge in [0.05, 0.1) is 17.4 Å². The monoisotopic (exact) mass is 438 g/mol. The molecule has 0 amide bonds. The van der Waals surface area contributed by atoms with Gasteiger partial charge in [-0.05, 0) is 54.2 Å². The van der Waals surface area contributed by atoms with E-state index in [4.69, 9.17) is 5.10 Å². The van der Waals surface area contributed by atoms with Crippen molar-refractivity contribution in [3.05, 3.63) is 73.4 Å². The minimum absolute atomic E-state index is 0.703. The van der Waals surface area contributed by atoms with Gasteiger partial charge in [0.1, 0.15) is 0 Å². The third kappa shape index (κ3) is 3.32. The van der Waals surface area contributed by atoms with Gasteiger partial charge in [0.2, 0.25) is 5.16 Å². The first-order chi connectivity index (χ1) is 15.6. The zero-order valence-corrected chi connectivity index (χ0v) is 18.2. The van der Waals surface area contributed by atoms with E-state index in [1.54, 1.807) is 15.4 Å². The Morgan fingerprint density at radius 2 is 1.78 bits per heavy atom. The van der Waals surface area contributed by atoms with E-state index in [0.717, 1.165) is 38.2 Å². The first-order valence-electron chi connectivity index (χ1n) is 10.0. The lowest BCUT2D eigenvalue weighted by Gasteiger charge is -2.05. The molecule has 6 aromatic rings. The number of aromatic nitrogens is 8. The maximum absolute atomic E-state index is 4.74. The number of hydrogen-bond acceptors (Lipinski definition) is 6. The molecule has 0 aliphatic rings. The normalized spacial score (nSPS) is 11.6. The van der Waals surface area contributed by atoms with Crippen LogP contribution >= 0.6 is 11.8 Å². The van der Waals surface area contributed by atoms with E-state index < -0.39 is 0 Å². The number of hydrogen-bond donors (Lipinski definition) is 0. The van der Waals surface area contributed by atoms with Crippen molar-refractivity contribution in [1.29, 1.82) is 0 Å². The maximum Gasteiger partial charge on any atom is 0.217 e. The van der Waals surface area contributed by atoms with Crippen molar-refractivity contribution in [2.24, 2.45) is 14.1 Å². The molecule has 0 saturated heterocycles. The molecule has 6 rings (SSSR count). The fourth-order valence-corrected chi connectivity index (χ4v) is 4.49. The Bertz CT molecular complexity index is 1590. The lowest BCUT2D eigenvalue weighted by atomic mass is 10.1. The average molecular weight is 439 g/mol. The minimum atomic E-state index is 0.703. The standard InChI is InChI=1S/C23H18N8S/c1-29-8-7-15(13-29)17-9-16-10-19(3-4-20(16)24-11-17)32-23-27-26-22-6-5-21(28-31(22)23)18-12-25-30(2)14-18/h3-14H,1-2H3. The van der Waals surface area contributed by atoms with Crippen LogP contribution in [0.15, 0.2) is 83.5 Å². The lowest BCUT2D eigenvalue weighted by Crippen LogP contribution is -1.96. The van der Waals surface area contributed by atoms with Crippen LogP contribution in [-0.2, 0) is 14.1 Å². The van der Waals surface area contributed by atoms with Crippen LogP contribution in [0.1, 0.15) is 0 Å². The molecule has 156 valence electrons. The van der Waals surface area contributed by atoms with Gasteiger partial charge in [0, 0.05) is 65.9 Å². The quantitative estimate of drug-likeness (QED) is 0.410. The van der Waals surface area contributed by atoms with E-state index in [2.05, 4.69) is 44.7 Å². The first kappa shape index (κ1) is 18.8. The molecule has 8 nitrogen and oxygen atoms in total. The largest absolute Gasteiger partial charge is 0.357 e. The first-order valence-corrected chi connectivity index (χ1v) is 10.9. The van der Waals surface area contributed by atoms with Crippen molar-refractivity contribution in [3.63, 3.8) is 0 Å². The van der Waals surface area contributed by atoms with Gasteiger partial charge in [-0.25, -0.2) is 0 Å². The molecule has 0 aliphatic heterocycles. The number of nitrogens with zero attached hydrogens (tertiary/aromatic N) is 8. The molecule has 0 bridgehead atoms. The molecule has 0 unspecified atom stereocenters. The predicted octanol–water partition coefficient (Wildman–Crippen LogP) is 4.23. The summed E-state index contributed by atoms with van der Waals surface area (Å²) in [6, 6.07) is 14.3. The van der Waals surface area contributed by atoms with Crippen LogP contribution in [0.4, 0.5) is 0 Å². The van der Waals surface area contributed by atoms with Crippen LogP contribution < -0.4 is 0 Å². The SMILES string of the molecule is Cn1ccc(-c2cnc3ccc(Sc4nnc5ccc(-c6cnn(C)c6)nn45)cc3c2)c1. The fourth-order valence-electron chi connectivity index (χ4n) is 3.65. The lowest BCUT2D eigenvalue weighted by molar-refractivity contribution is 0.767. The van der Waals surface area contributed by atoms with Crippen LogP contribution in [0.25, 0.3) is 38.9 Å². The molecular formula is C23H18N8S. The zero-order chi connectivity index (χ0) is 21.7. The molecule has 0 radical (unpaired) electrons. The number of benzene rings is 1. The third-order valence-corrected chi connectivity index (χ3v) is 6.19. The van der Waals surface area contributed by atoms with Crippen LogP contribution in [0.5, 0.6) is 0 Å². The molecule has 0 saturated carbocycles. The van der Waals surface area contributed by atoms with Crippen LogP contribution in [0.3, 0.4) is 0 Å². The molecule has 0 fully saturated rings. The van der Waals surface area contributed by atoms with Crippen LogP contribution in [0, 0.1) is 0 Å². The highest BCUT2D eigenvalue weighted by atomic mass is 32.2. The fraction of sp³-hybridized carbons (Fsp3) is 0.0870. The van der Waals surface area contributed by atoms with Crippen LogP contribution in [-0.4, -0.2) is 39.1 Å². The average Bonchev–Trinajstić information content (AvgIpc) is 3.53. The predicted molar refractivity (Wildman–Crippen MR) is 123 cm³/mol. The maximum atomic E-state index is 4.74. The Kier molecular flexibility index (Phi) is 4.29. The van der Waals surface area contributed by atoms with Gasteiger partial charge in [-0.1, -0.05) is 0 Å². The van der Waals surface area contributed by atoms with E-state index in [0.29, 0.717) is 10.8 Å². The van der Waals surface area contributed by atoms with Crippen molar-refractivity contribution in [1.82, 2.24) is 39.1 Å². The molecule has 5 heterocycles. The Balaban J connectivity index is 1.36. The second-order valence-corrected chi connectivity index (χ2v) is 8.66. The van der Waals surface area contributed by atoms with Gasteiger partial charge >= 0.3 is 0 Å². The van der Waals surface area contributed by atoms with Crippen molar-refractivity contribution in [2.45, 2.75) is 10.1 Å². The molecule has 0 N–H and O–H groups in total. The van der Waals surface area contributed by atoms with E-state index in [-0.39, 0.29) is 0 Å². The molecule has 0 aliphatic carbocycles. The number of fused-ring (bicyclic) bond motifs is 2. The van der Waals surface area contributed by atoms with Crippen molar-refractivity contribution < 1.29 is 0 Å². The van der Waals surface area contributed by atoms with Gasteiger partial charge in [0.25, 0.3) is 0 Å². The van der Waals surface area contributed by atoms with E-state index in [9.17, 15) is 0 Å². The summed E-state index contributed by atoms with van der Waals surface area (Å²) in [6.07, 6.45) is 9.78. The van der Waals surface area contributed by atoms with E-state index in [1.807, 2.05) is 61.5 Å². The molecular weight excluding hydrogens is 420 g/mol. The molecule has 0 atom stereocenters. The zero-order valence-electron chi connectivity index (χ0n) is 17.4. The Morgan fingerprint density at radius 1 is 0.844 bits per heavy atom. The van der Waals surface area contributed by atoms with Crippen molar-refractivity contribution in [3.8, 4) is 22.4 Å². The van der Waals surface area contributed by atoms with Gasteiger partial charge < -0.3 is 4.57 Å². The third-order valence-electron chi connectivity index (χ3n) is 5.26. The minimum Gasteiger partial charge on any atom is -0.357 e. The van der Waals surface area contributed by atoms with Gasteiger partial charge in [-0.3, -0.25) is 9.67 Å². The molecule has 5 aromatic heterocycles. The molecule has 32 heavy (non-hydrogen) atoms. The summed E-state index contributed by atoms with van der Waals surface area (Å²) in [7, 11) is 3.91. The molecule has 9 heteroatoms. The van der Waals surface area contributed by atoms with Gasteiger partial charge in [-0.15, -0.1) is 10.2 Å². The highest BCUT2D eigenvalue weighted by molar-refractivity contribution is 7.99. The van der Waals surface area contributed by atoms with Crippen molar-refractivity contribution >= 4 is 28.3 Å². The molecule has 0 spiro atoms. The Labute approximate surface area is 187 Å². The Morgan fingerprint density at radius 3 is 2.59 bits per heavy atom. The number of rotatable bonds is 4. The van der Waals surface area contributed by atoms with Gasteiger partial charge in [0.15, 0.2) is 5.65 Å². The van der Waals surface area contributed by atoms with E-state index >= 15 is 0 Å². The topological polar surface area (TPSA) is 78.7 Å². The number of pyridine rings is 1. The Hall–Kier alpha value is -3.98. The van der Waals surface area contributed by atoms with Crippen molar-refractivity contribution in [2.75, 3.05) is 0 Å². The summed E-state index contributed by atoms with van der Waals surface area (Å²) in [5.74, 6) is 0. The second-order valence-electron chi connectivity index (χ2n) is 7.62. The highest BCUT2D eigenvalue weighted by Crippen LogP contribution is 2.31. The van der Waals surface area contributed by atoms with Gasteiger partial charge in [-0.2, -0.15) is 14.7 Å². The summed E-state index contributed by atoms with van der Waals surface area (Å²) in [6.45, 7) is 0. The summed E-state index contributed by atoms with van der Waals surface area (Å²) in [4.78, 5) is 5.68. The van der Waals surface area contributed by atoms with Crippen LogP contribution in [0.2, 0.25) is 0 Å². The smallest absolute Gasteiger partial charge is 0.217 e. The summed E-state index contributed by atoms with van der Waals surface area (Å²) < 4.78 is 5.57. The summed E-state index contributed by atoms with van der Waals surface area (Å²) in [5, 5.41) is 19.4. The number of aryl methyl sites for hydroxylation is 2. The highest BCUT2D eigenvalue weighted by Gasteiger charge is 2.12.